The predicted octanol–water partition coefficient (Wildman–Crippen LogP) is 1.96. The number of pyridine rings is 1. The van der Waals surface area contributed by atoms with Gasteiger partial charge in [0.15, 0.2) is 0 Å². The van der Waals surface area contributed by atoms with Gasteiger partial charge in [0.1, 0.15) is 5.82 Å². The molecule has 6 nitrogen and oxygen atoms in total. The number of benzene rings is 1. The topological polar surface area (TPSA) is 65.5 Å². The third kappa shape index (κ3) is 5.13. The zero-order valence-electron chi connectivity index (χ0n) is 16.0. The first-order valence-electron chi connectivity index (χ1n) is 9.50. The molecule has 3 rings (SSSR count). The molecule has 2 heterocycles. The third-order valence-electron chi connectivity index (χ3n) is 4.92. The largest absolute Gasteiger partial charge is 0.353 e. The first kappa shape index (κ1) is 19.9. The molecule has 1 atom stereocenters. The van der Waals surface area contributed by atoms with Gasteiger partial charge in [0.2, 0.25) is 11.8 Å². The van der Waals surface area contributed by atoms with Crippen molar-refractivity contribution in [3.63, 3.8) is 0 Å². The van der Waals surface area contributed by atoms with E-state index in [1.165, 1.54) is 12.1 Å². The summed E-state index contributed by atoms with van der Waals surface area (Å²) in [7, 11) is 0. The Labute approximate surface area is 164 Å². The quantitative estimate of drug-likeness (QED) is 0.793. The number of aromatic nitrogens is 1. The second-order valence-corrected chi connectivity index (χ2v) is 6.84. The van der Waals surface area contributed by atoms with E-state index in [4.69, 9.17) is 0 Å². The lowest BCUT2D eigenvalue weighted by atomic mass is 10.1. The van der Waals surface area contributed by atoms with E-state index in [9.17, 15) is 14.0 Å². The number of hydrogen-bond acceptors (Lipinski definition) is 4. The Kier molecular flexibility index (Phi) is 6.71. The molecule has 0 aliphatic carbocycles. The van der Waals surface area contributed by atoms with Gasteiger partial charge < -0.3 is 10.2 Å². The minimum atomic E-state index is -0.523. The summed E-state index contributed by atoms with van der Waals surface area (Å²) >= 11 is 0. The number of rotatable bonds is 7. The maximum Gasteiger partial charge on any atom is 0.237 e. The minimum Gasteiger partial charge on any atom is -0.353 e. The lowest BCUT2D eigenvalue weighted by Gasteiger charge is -2.35. The average Bonchev–Trinajstić information content (AvgIpc) is 2.71. The van der Waals surface area contributed by atoms with Gasteiger partial charge in [0, 0.05) is 38.9 Å². The minimum absolute atomic E-state index is 0.0973. The molecule has 2 aromatic rings. The van der Waals surface area contributed by atoms with Gasteiger partial charge in [-0.2, -0.15) is 0 Å². The molecular formula is C21H25FN4O2. The van der Waals surface area contributed by atoms with Crippen molar-refractivity contribution in [1.82, 2.24) is 20.1 Å². The highest BCUT2D eigenvalue weighted by Crippen LogP contribution is 2.15. The number of nitrogens with one attached hydrogen (secondary N) is 1. The Morgan fingerprint density at radius 3 is 2.75 bits per heavy atom. The van der Waals surface area contributed by atoms with Crippen LogP contribution in [-0.4, -0.2) is 52.3 Å². The molecule has 1 N–H and O–H groups in total. The van der Waals surface area contributed by atoms with Crippen LogP contribution < -0.4 is 5.32 Å². The number of carbonyl (C=O) groups excluding carboxylic acids is 2. The van der Waals surface area contributed by atoms with Gasteiger partial charge >= 0.3 is 0 Å². The highest BCUT2D eigenvalue weighted by molar-refractivity contribution is 5.88. The number of halogens is 1. The van der Waals surface area contributed by atoms with Crippen LogP contribution in [0.3, 0.4) is 0 Å². The molecule has 0 saturated carbocycles. The van der Waals surface area contributed by atoms with Crippen molar-refractivity contribution in [1.29, 1.82) is 0 Å². The Balaban J connectivity index is 1.67. The lowest BCUT2D eigenvalue weighted by molar-refractivity contribution is -0.139. The first-order valence-corrected chi connectivity index (χ1v) is 9.50. The highest BCUT2D eigenvalue weighted by atomic mass is 19.1. The summed E-state index contributed by atoms with van der Waals surface area (Å²) < 4.78 is 13.1. The molecule has 28 heavy (non-hydrogen) atoms. The van der Waals surface area contributed by atoms with E-state index in [0.29, 0.717) is 32.7 Å². The summed E-state index contributed by atoms with van der Waals surface area (Å²) in [6.07, 6.45) is 1.83. The molecule has 1 aromatic heterocycles. The molecule has 1 aliphatic heterocycles. The first-order chi connectivity index (χ1) is 13.6. The third-order valence-corrected chi connectivity index (χ3v) is 4.92. The molecular weight excluding hydrogens is 359 g/mol. The van der Waals surface area contributed by atoms with E-state index in [2.05, 4.69) is 10.3 Å². The predicted molar refractivity (Wildman–Crippen MR) is 104 cm³/mol. The van der Waals surface area contributed by atoms with E-state index in [-0.39, 0.29) is 24.1 Å². The van der Waals surface area contributed by atoms with Crippen LogP contribution in [0.25, 0.3) is 0 Å². The van der Waals surface area contributed by atoms with E-state index >= 15 is 0 Å². The standard InChI is InChI=1S/C21H25FN4O2/c1-2-25(14-16-6-8-17(22)9-7-16)20(27)13-19-21(28)24-11-12-26(19)15-18-5-3-4-10-23-18/h3-10,19H,2,11-15H2,1H3,(H,24,28)/t19-/m1/s1. The summed E-state index contributed by atoms with van der Waals surface area (Å²) in [5.74, 6) is -0.532. The van der Waals surface area contributed by atoms with Crippen molar-refractivity contribution >= 4 is 11.8 Å². The van der Waals surface area contributed by atoms with Crippen LogP contribution in [0.15, 0.2) is 48.7 Å². The molecule has 7 heteroatoms. The molecule has 1 aliphatic rings. The van der Waals surface area contributed by atoms with Gasteiger partial charge in [-0.1, -0.05) is 18.2 Å². The van der Waals surface area contributed by atoms with Crippen LogP contribution in [0.2, 0.25) is 0 Å². The molecule has 0 unspecified atom stereocenters. The van der Waals surface area contributed by atoms with Gasteiger partial charge in [-0.15, -0.1) is 0 Å². The van der Waals surface area contributed by atoms with Crippen molar-refractivity contribution in [3.05, 3.63) is 65.7 Å². The monoisotopic (exact) mass is 384 g/mol. The Morgan fingerprint density at radius 2 is 2.07 bits per heavy atom. The second-order valence-electron chi connectivity index (χ2n) is 6.84. The summed E-state index contributed by atoms with van der Waals surface area (Å²) in [5.41, 5.74) is 1.73. The van der Waals surface area contributed by atoms with Crippen molar-refractivity contribution in [3.8, 4) is 0 Å². The Morgan fingerprint density at radius 1 is 1.29 bits per heavy atom. The van der Waals surface area contributed by atoms with E-state index in [0.717, 1.165) is 11.3 Å². The van der Waals surface area contributed by atoms with Gasteiger partial charge in [0.25, 0.3) is 0 Å². The lowest BCUT2D eigenvalue weighted by Crippen LogP contribution is -2.56. The zero-order chi connectivity index (χ0) is 19.9. The van der Waals surface area contributed by atoms with Gasteiger partial charge in [-0.3, -0.25) is 19.5 Å². The number of nitrogens with zero attached hydrogens (tertiary/aromatic N) is 3. The number of carbonyl (C=O) groups is 2. The fourth-order valence-electron chi connectivity index (χ4n) is 3.35. The number of hydrogen-bond donors (Lipinski definition) is 1. The van der Waals surface area contributed by atoms with Crippen LogP contribution >= 0.6 is 0 Å². The zero-order valence-corrected chi connectivity index (χ0v) is 16.0. The van der Waals surface area contributed by atoms with Crippen LogP contribution in [0.4, 0.5) is 4.39 Å². The van der Waals surface area contributed by atoms with Gasteiger partial charge in [-0.05, 0) is 36.8 Å². The van der Waals surface area contributed by atoms with Gasteiger partial charge in [-0.25, -0.2) is 4.39 Å². The molecule has 1 fully saturated rings. The molecule has 2 amide bonds. The fraction of sp³-hybridized carbons (Fsp3) is 0.381. The van der Waals surface area contributed by atoms with Crippen molar-refractivity contribution in [2.75, 3.05) is 19.6 Å². The Bertz CT molecular complexity index is 798. The highest BCUT2D eigenvalue weighted by Gasteiger charge is 2.32. The number of amides is 2. The number of piperazine rings is 1. The maximum atomic E-state index is 13.1. The van der Waals surface area contributed by atoms with Crippen LogP contribution in [-0.2, 0) is 22.7 Å². The Hall–Kier alpha value is -2.80. The maximum absolute atomic E-state index is 13.1. The molecule has 0 radical (unpaired) electrons. The SMILES string of the molecule is CCN(Cc1ccc(F)cc1)C(=O)C[C@@H]1C(=O)NCCN1Cc1ccccn1. The van der Waals surface area contributed by atoms with Gasteiger partial charge in [0.05, 0.1) is 18.2 Å². The average molecular weight is 384 g/mol. The summed E-state index contributed by atoms with van der Waals surface area (Å²) in [4.78, 5) is 33.4. The second kappa shape index (κ2) is 9.41. The van der Waals surface area contributed by atoms with Crippen LogP contribution in [0.1, 0.15) is 24.6 Å². The summed E-state index contributed by atoms with van der Waals surface area (Å²) in [6.45, 7) is 4.56. The molecule has 148 valence electrons. The molecule has 1 saturated heterocycles. The van der Waals surface area contributed by atoms with E-state index in [1.54, 1.807) is 23.2 Å². The van der Waals surface area contributed by atoms with Crippen molar-refractivity contribution in [2.24, 2.45) is 0 Å². The van der Waals surface area contributed by atoms with Crippen LogP contribution in [0.5, 0.6) is 0 Å². The molecule has 0 spiro atoms. The smallest absolute Gasteiger partial charge is 0.237 e. The fourth-order valence-corrected chi connectivity index (χ4v) is 3.35. The normalized spacial score (nSPS) is 17.2. The summed E-state index contributed by atoms with van der Waals surface area (Å²) in [5, 5.41) is 2.85. The van der Waals surface area contributed by atoms with Crippen LogP contribution in [0, 0.1) is 5.82 Å². The van der Waals surface area contributed by atoms with Crippen molar-refractivity contribution < 1.29 is 14.0 Å². The molecule has 1 aromatic carbocycles. The molecule has 0 bridgehead atoms. The van der Waals surface area contributed by atoms with Crippen molar-refractivity contribution in [2.45, 2.75) is 32.5 Å². The summed E-state index contributed by atoms with van der Waals surface area (Å²) in [6, 6.07) is 11.3. The van der Waals surface area contributed by atoms with E-state index < -0.39 is 6.04 Å². The van der Waals surface area contributed by atoms with E-state index in [1.807, 2.05) is 30.0 Å².